The van der Waals surface area contributed by atoms with Crippen LogP contribution in [0.3, 0.4) is 0 Å². The van der Waals surface area contributed by atoms with Crippen LogP contribution in [0.2, 0.25) is 5.02 Å². The average Bonchev–Trinajstić information content (AvgIpc) is 3.81. The van der Waals surface area contributed by atoms with E-state index in [1.807, 2.05) is 17.9 Å². The van der Waals surface area contributed by atoms with Crippen LogP contribution in [0.1, 0.15) is 41.0 Å². The van der Waals surface area contributed by atoms with Gasteiger partial charge in [-0.15, -0.1) is 5.10 Å². The first-order valence-electron chi connectivity index (χ1n) is 15.7. The number of benzene rings is 1. The topological polar surface area (TPSA) is 156 Å². The summed E-state index contributed by atoms with van der Waals surface area (Å²) in [6, 6.07) is 5.67. The van der Waals surface area contributed by atoms with Gasteiger partial charge in [0.05, 0.1) is 48.0 Å². The Labute approximate surface area is 287 Å². The van der Waals surface area contributed by atoms with Crippen molar-refractivity contribution in [3.63, 3.8) is 0 Å². The van der Waals surface area contributed by atoms with Crippen LogP contribution in [0.5, 0.6) is 0 Å². The number of ether oxygens (including phenoxy) is 1. The number of amides is 3. The van der Waals surface area contributed by atoms with E-state index < -0.39 is 29.1 Å². The van der Waals surface area contributed by atoms with E-state index in [1.165, 1.54) is 12.3 Å². The van der Waals surface area contributed by atoms with E-state index in [0.29, 0.717) is 37.6 Å². The number of nitrogens with one attached hydrogen (secondary N) is 2. The van der Waals surface area contributed by atoms with Gasteiger partial charge in [0.2, 0.25) is 17.6 Å². The number of piperazine rings is 1. The quantitative estimate of drug-likeness (QED) is 0.266. The molecule has 2 aliphatic heterocycles. The summed E-state index contributed by atoms with van der Waals surface area (Å²) in [6.07, 6.45) is -0.618. The number of rotatable bonds is 9. The average molecular weight is 717 g/mol. The van der Waals surface area contributed by atoms with Crippen LogP contribution in [0.4, 0.5) is 24.5 Å². The number of nitrogens with zero attached hydrogens (tertiary/aromatic N) is 6. The lowest BCUT2D eigenvalue weighted by Gasteiger charge is -2.36. The summed E-state index contributed by atoms with van der Waals surface area (Å²) in [5.74, 6) is -0.958. The van der Waals surface area contributed by atoms with Crippen molar-refractivity contribution in [2.45, 2.75) is 32.5 Å². The predicted octanol–water partition coefficient (Wildman–Crippen LogP) is 3.24. The molecule has 264 valence electrons. The lowest BCUT2D eigenvalue weighted by molar-refractivity contribution is -0.137. The summed E-state index contributed by atoms with van der Waals surface area (Å²) in [6.45, 7) is 3.04. The Morgan fingerprint density at radius 1 is 1.10 bits per heavy atom. The van der Waals surface area contributed by atoms with E-state index in [-0.39, 0.29) is 73.1 Å². The Balaban J connectivity index is 1.28. The molecule has 3 amide bonds. The van der Waals surface area contributed by atoms with Gasteiger partial charge in [-0.1, -0.05) is 24.6 Å². The van der Waals surface area contributed by atoms with Gasteiger partial charge in [-0.25, -0.2) is 0 Å². The highest BCUT2D eigenvalue weighted by Crippen LogP contribution is 2.34. The van der Waals surface area contributed by atoms with Crippen molar-refractivity contribution in [3.8, 4) is 0 Å². The number of furan rings is 1. The molecule has 1 aromatic carbocycles. The van der Waals surface area contributed by atoms with Crippen molar-refractivity contribution in [2.24, 2.45) is 0 Å². The molecular weight excluding hydrogens is 685 g/mol. The minimum Gasteiger partial charge on any atom is -0.459 e. The number of hydrogen-bond acceptors (Lipinski definition) is 9. The summed E-state index contributed by atoms with van der Waals surface area (Å²) in [4.78, 5) is 60.7. The molecule has 5 heterocycles. The third kappa shape index (κ3) is 7.23. The maximum atomic E-state index is 14.1. The van der Waals surface area contributed by atoms with Gasteiger partial charge in [0.15, 0.2) is 11.6 Å². The maximum Gasteiger partial charge on any atom is 0.416 e. The second-order valence-corrected chi connectivity index (χ2v) is 11.9. The van der Waals surface area contributed by atoms with E-state index in [0.717, 1.165) is 28.3 Å². The first-order valence-corrected chi connectivity index (χ1v) is 16.1. The number of carbonyl (C=O) groups is 3. The SMILES string of the molecule is CCc1c(N2CCN(C(=O)CNC(=O)c3ccco3)CC2)c(=O)n2nc(C3=CCOCC3)nc2n1CC(=O)Nc1ccc(C(F)(F)F)cc1Cl. The zero-order valence-corrected chi connectivity index (χ0v) is 27.5. The third-order valence-corrected chi connectivity index (χ3v) is 8.69. The number of anilines is 2. The number of fused-ring (bicyclic) bond motifs is 1. The molecule has 3 aromatic heterocycles. The summed E-state index contributed by atoms with van der Waals surface area (Å²) >= 11 is 6.10. The Morgan fingerprint density at radius 2 is 1.88 bits per heavy atom. The lowest BCUT2D eigenvalue weighted by atomic mass is 10.1. The molecule has 1 fully saturated rings. The molecule has 0 spiro atoms. The van der Waals surface area contributed by atoms with Crippen LogP contribution >= 0.6 is 11.6 Å². The molecule has 0 bridgehead atoms. The highest BCUT2D eigenvalue weighted by atomic mass is 35.5. The van der Waals surface area contributed by atoms with Gasteiger partial charge >= 0.3 is 6.18 Å². The Morgan fingerprint density at radius 3 is 2.52 bits per heavy atom. The zero-order chi connectivity index (χ0) is 35.6. The maximum absolute atomic E-state index is 14.1. The molecule has 6 rings (SSSR count). The van der Waals surface area contributed by atoms with Gasteiger partial charge in [-0.05, 0) is 48.7 Å². The van der Waals surface area contributed by atoms with Crippen LogP contribution in [0, 0.1) is 0 Å². The standard InChI is InChI=1S/C32H32ClF3N8O6/c1-2-23-27(42-11-9-41(10-12-42)26(46)17-37-29(47)24-4-3-13-50-24)30(48)44-31(39-28(40-44)19-7-14-49-15-8-19)43(23)18-25(45)38-22-6-5-20(16-21(22)33)32(34,35)36/h3-7,13,16H,2,8-12,14-15,17-18H2,1H3,(H,37,47)(H,38,45). The molecule has 2 aliphatic rings. The van der Waals surface area contributed by atoms with E-state index in [4.69, 9.17) is 20.8 Å². The number of alkyl halides is 3. The molecule has 2 N–H and O–H groups in total. The molecule has 4 aromatic rings. The first kappa shape index (κ1) is 34.7. The lowest BCUT2D eigenvalue weighted by Crippen LogP contribution is -2.52. The molecule has 0 aliphatic carbocycles. The molecule has 0 saturated carbocycles. The number of hydrogen-bond donors (Lipinski definition) is 2. The molecule has 1 saturated heterocycles. The summed E-state index contributed by atoms with van der Waals surface area (Å²) in [5.41, 5.74) is 0.0847. The van der Waals surface area contributed by atoms with E-state index in [1.54, 1.807) is 15.5 Å². The fourth-order valence-corrected chi connectivity index (χ4v) is 6.09. The molecule has 0 radical (unpaired) electrons. The molecule has 14 nitrogen and oxygen atoms in total. The monoisotopic (exact) mass is 716 g/mol. The van der Waals surface area contributed by atoms with Crippen molar-refractivity contribution in [1.29, 1.82) is 0 Å². The van der Waals surface area contributed by atoms with Crippen LogP contribution in [0.25, 0.3) is 11.4 Å². The highest BCUT2D eigenvalue weighted by Gasteiger charge is 2.32. The summed E-state index contributed by atoms with van der Waals surface area (Å²) in [5, 5.41) is 9.34. The van der Waals surface area contributed by atoms with Crippen molar-refractivity contribution in [3.05, 3.63) is 80.9 Å². The highest BCUT2D eigenvalue weighted by molar-refractivity contribution is 6.33. The minimum absolute atomic E-state index is 0.0179. The molecule has 0 atom stereocenters. The number of carbonyl (C=O) groups excluding carboxylic acids is 3. The van der Waals surface area contributed by atoms with Crippen LogP contribution < -0.4 is 21.1 Å². The van der Waals surface area contributed by atoms with Crippen LogP contribution in [0.15, 0.2) is 51.9 Å². The van der Waals surface area contributed by atoms with Crippen LogP contribution in [-0.2, 0) is 33.5 Å². The van der Waals surface area contributed by atoms with Crippen molar-refractivity contribution in [1.82, 2.24) is 29.4 Å². The second-order valence-electron chi connectivity index (χ2n) is 11.5. The Hall–Kier alpha value is -5.16. The van der Waals surface area contributed by atoms with Crippen molar-refractivity contribution in [2.75, 3.05) is 56.2 Å². The molecule has 50 heavy (non-hydrogen) atoms. The van der Waals surface area contributed by atoms with Gasteiger partial charge in [-0.2, -0.15) is 22.7 Å². The Bertz CT molecular complexity index is 2020. The molecule has 0 unspecified atom stereocenters. The van der Waals surface area contributed by atoms with Gasteiger partial charge in [0.1, 0.15) is 12.2 Å². The van der Waals surface area contributed by atoms with Crippen molar-refractivity contribution < 1.29 is 36.7 Å². The second kappa shape index (κ2) is 14.4. The summed E-state index contributed by atoms with van der Waals surface area (Å²) in [7, 11) is 0. The van der Waals surface area contributed by atoms with Gasteiger partial charge in [0, 0.05) is 26.2 Å². The van der Waals surface area contributed by atoms with Gasteiger partial charge in [0.25, 0.3) is 11.5 Å². The number of halogens is 4. The largest absolute Gasteiger partial charge is 0.459 e. The normalized spacial score (nSPS) is 15.3. The van der Waals surface area contributed by atoms with Crippen molar-refractivity contribution >= 4 is 52.0 Å². The fraction of sp³-hybridized carbons (Fsp3) is 0.375. The van der Waals surface area contributed by atoms with E-state index in [2.05, 4.69) is 20.7 Å². The van der Waals surface area contributed by atoms with Gasteiger partial charge in [-0.3, -0.25) is 19.2 Å². The first-order chi connectivity index (χ1) is 23.9. The molecular formula is C32H32ClF3N8O6. The summed E-state index contributed by atoms with van der Waals surface area (Å²) < 4.78 is 52.7. The minimum atomic E-state index is -4.61. The van der Waals surface area contributed by atoms with Gasteiger partial charge < -0.3 is 34.2 Å². The third-order valence-electron chi connectivity index (χ3n) is 8.38. The van der Waals surface area contributed by atoms with E-state index in [9.17, 15) is 32.3 Å². The number of aromatic nitrogens is 4. The predicted molar refractivity (Wildman–Crippen MR) is 175 cm³/mol. The smallest absolute Gasteiger partial charge is 0.416 e. The fourth-order valence-electron chi connectivity index (χ4n) is 5.86. The van der Waals surface area contributed by atoms with Crippen LogP contribution in [-0.4, -0.2) is 87.7 Å². The zero-order valence-electron chi connectivity index (χ0n) is 26.8. The molecule has 18 heteroatoms. The van der Waals surface area contributed by atoms with E-state index >= 15 is 0 Å². The Kier molecular flexibility index (Phi) is 9.97.